The van der Waals surface area contributed by atoms with E-state index in [1.54, 1.807) is 18.2 Å². The lowest BCUT2D eigenvalue weighted by Crippen LogP contribution is -2.66. The van der Waals surface area contributed by atoms with Gasteiger partial charge in [-0.2, -0.15) is 0 Å². The number of rotatable bonds is 5. The van der Waals surface area contributed by atoms with Crippen molar-refractivity contribution >= 4 is 5.97 Å². The number of hydrogen-bond acceptors (Lipinski definition) is 7. The van der Waals surface area contributed by atoms with Crippen LogP contribution in [0.25, 0.3) is 0 Å². The lowest BCUT2D eigenvalue weighted by Gasteiger charge is -2.42. The van der Waals surface area contributed by atoms with Crippen molar-refractivity contribution in [2.24, 2.45) is 0 Å². The third kappa shape index (κ3) is 3.07. The predicted molar refractivity (Wildman–Crippen MR) is 86.2 cm³/mol. The van der Waals surface area contributed by atoms with E-state index in [-0.39, 0.29) is 25.0 Å². The van der Waals surface area contributed by atoms with Crippen molar-refractivity contribution < 1.29 is 24.5 Å². The second-order valence-corrected chi connectivity index (χ2v) is 6.38. The first-order valence-electron chi connectivity index (χ1n) is 7.91. The molecule has 1 saturated carbocycles. The summed E-state index contributed by atoms with van der Waals surface area (Å²) in [5.74, 6) is -2.57. The highest BCUT2D eigenvalue weighted by molar-refractivity contribution is 5.81. The van der Waals surface area contributed by atoms with Gasteiger partial charge in [0.05, 0.1) is 6.61 Å². The number of nitro groups is 2. The summed E-state index contributed by atoms with van der Waals surface area (Å²) < 4.78 is 4.91. The monoisotopic (exact) mass is 352 g/mol. The van der Waals surface area contributed by atoms with E-state index in [2.05, 4.69) is 0 Å². The number of benzene rings is 1. The van der Waals surface area contributed by atoms with Crippen LogP contribution in [-0.4, -0.2) is 44.7 Å². The number of hydrogen-bond donors (Lipinski definition) is 1. The molecular formula is C16H20N2O7. The second-order valence-electron chi connectivity index (χ2n) is 6.38. The molecule has 2 rings (SSSR count). The molecule has 9 nitrogen and oxygen atoms in total. The molecule has 1 aromatic carbocycles. The average molecular weight is 352 g/mol. The fraction of sp³-hybridized carbons (Fsp3) is 0.562. The number of nitrogens with zero attached hydrogens (tertiary/aromatic N) is 2. The van der Waals surface area contributed by atoms with E-state index in [4.69, 9.17) is 4.74 Å². The first-order chi connectivity index (χ1) is 11.7. The quantitative estimate of drug-likeness (QED) is 0.482. The van der Waals surface area contributed by atoms with Crippen molar-refractivity contribution in [3.05, 3.63) is 56.1 Å². The van der Waals surface area contributed by atoms with Crippen LogP contribution < -0.4 is 0 Å². The Morgan fingerprint density at radius 1 is 1.28 bits per heavy atom. The molecule has 0 aromatic heterocycles. The molecule has 1 aromatic rings. The summed E-state index contributed by atoms with van der Waals surface area (Å²) in [6.07, 6.45) is -0.614. The van der Waals surface area contributed by atoms with Gasteiger partial charge in [0.1, 0.15) is 11.5 Å². The van der Waals surface area contributed by atoms with E-state index < -0.39 is 38.9 Å². The maximum atomic E-state index is 12.6. The van der Waals surface area contributed by atoms with Gasteiger partial charge in [-0.25, -0.2) is 4.79 Å². The Morgan fingerprint density at radius 2 is 1.88 bits per heavy atom. The summed E-state index contributed by atoms with van der Waals surface area (Å²) in [4.78, 5) is 34.7. The van der Waals surface area contributed by atoms with Crippen LogP contribution in [0.3, 0.4) is 0 Å². The van der Waals surface area contributed by atoms with Crippen LogP contribution in [0.1, 0.15) is 38.2 Å². The molecule has 1 aliphatic rings. The van der Waals surface area contributed by atoms with E-state index in [1.807, 2.05) is 0 Å². The van der Waals surface area contributed by atoms with Gasteiger partial charge < -0.3 is 9.84 Å². The molecule has 4 atom stereocenters. The Morgan fingerprint density at radius 3 is 2.36 bits per heavy atom. The minimum atomic E-state index is -2.32. The Bertz CT molecular complexity index is 676. The number of carbonyl (C=O) groups is 1. The molecule has 0 bridgehead atoms. The molecule has 1 aliphatic carbocycles. The molecule has 1 fully saturated rings. The SMILES string of the molecule is CCOC(=O)[C@]1([N+](=O)[O-])CC[C@](C)(O)[C@H]([N+](=O)[O-])[C@H]1c1ccccc1. The zero-order valence-corrected chi connectivity index (χ0v) is 14.0. The van der Waals surface area contributed by atoms with Gasteiger partial charge in [-0.1, -0.05) is 30.3 Å². The molecule has 0 aliphatic heterocycles. The fourth-order valence-corrected chi connectivity index (χ4v) is 3.60. The first-order valence-corrected chi connectivity index (χ1v) is 7.91. The third-order valence-electron chi connectivity index (χ3n) is 4.82. The molecule has 25 heavy (non-hydrogen) atoms. The van der Waals surface area contributed by atoms with Gasteiger partial charge in [-0.05, 0) is 25.8 Å². The zero-order valence-electron chi connectivity index (χ0n) is 14.0. The summed E-state index contributed by atoms with van der Waals surface area (Å²) in [6.45, 7) is 2.69. The summed E-state index contributed by atoms with van der Waals surface area (Å²) in [5, 5.41) is 34.2. The summed E-state index contributed by atoms with van der Waals surface area (Å²) in [5.41, 5.74) is -3.87. The Balaban J connectivity index is 2.74. The normalized spacial score (nSPS) is 32.0. The van der Waals surface area contributed by atoms with Crippen molar-refractivity contribution in [2.45, 2.75) is 49.8 Å². The Labute approximate surface area is 143 Å². The van der Waals surface area contributed by atoms with Crippen LogP contribution in [0, 0.1) is 20.2 Å². The van der Waals surface area contributed by atoms with E-state index in [0.717, 1.165) is 0 Å². The third-order valence-corrected chi connectivity index (χ3v) is 4.82. The van der Waals surface area contributed by atoms with Crippen molar-refractivity contribution in [1.82, 2.24) is 0 Å². The van der Waals surface area contributed by atoms with Crippen LogP contribution in [0.5, 0.6) is 0 Å². The number of aliphatic hydroxyl groups is 1. The molecule has 136 valence electrons. The van der Waals surface area contributed by atoms with Crippen molar-refractivity contribution in [2.75, 3.05) is 6.61 Å². The zero-order chi connectivity index (χ0) is 18.8. The Kier molecular flexibility index (Phi) is 5.07. The highest BCUT2D eigenvalue weighted by Gasteiger charge is 2.71. The minimum Gasteiger partial charge on any atom is -0.461 e. The van der Waals surface area contributed by atoms with Gasteiger partial charge in [0.15, 0.2) is 0 Å². The molecule has 0 unspecified atom stereocenters. The van der Waals surface area contributed by atoms with Crippen molar-refractivity contribution in [3.63, 3.8) is 0 Å². The molecule has 0 spiro atoms. The van der Waals surface area contributed by atoms with Crippen molar-refractivity contribution in [1.29, 1.82) is 0 Å². The number of esters is 1. The maximum absolute atomic E-state index is 12.6. The van der Waals surface area contributed by atoms with E-state index in [9.17, 15) is 30.1 Å². The minimum absolute atomic E-state index is 0.0878. The summed E-state index contributed by atoms with van der Waals surface area (Å²) in [7, 11) is 0. The maximum Gasteiger partial charge on any atom is 0.385 e. The van der Waals surface area contributed by atoms with Crippen LogP contribution in [0.2, 0.25) is 0 Å². The molecular weight excluding hydrogens is 332 g/mol. The molecule has 0 radical (unpaired) electrons. The first kappa shape index (κ1) is 18.8. The lowest BCUT2D eigenvalue weighted by molar-refractivity contribution is -0.608. The van der Waals surface area contributed by atoms with Gasteiger partial charge in [0, 0.05) is 16.3 Å². The lowest BCUT2D eigenvalue weighted by atomic mass is 9.62. The second kappa shape index (κ2) is 6.75. The van der Waals surface area contributed by atoms with Crippen LogP contribution in [0.4, 0.5) is 0 Å². The predicted octanol–water partition coefficient (Wildman–Crippen LogP) is 1.54. The van der Waals surface area contributed by atoms with E-state index in [0.29, 0.717) is 0 Å². The van der Waals surface area contributed by atoms with E-state index in [1.165, 1.54) is 26.0 Å². The smallest absolute Gasteiger partial charge is 0.385 e. The number of carbonyl (C=O) groups excluding carboxylic acids is 1. The van der Waals surface area contributed by atoms with Crippen LogP contribution in [-0.2, 0) is 9.53 Å². The van der Waals surface area contributed by atoms with Crippen LogP contribution >= 0.6 is 0 Å². The summed E-state index contributed by atoms with van der Waals surface area (Å²) >= 11 is 0. The average Bonchev–Trinajstić information content (AvgIpc) is 2.54. The van der Waals surface area contributed by atoms with Gasteiger partial charge >= 0.3 is 11.5 Å². The molecule has 9 heteroatoms. The highest BCUT2D eigenvalue weighted by Crippen LogP contribution is 2.48. The molecule has 0 saturated heterocycles. The molecule has 0 amide bonds. The van der Waals surface area contributed by atoms with Crippen LogP contribution in [0.15, 0.2) is 30.3 Å². The largest absolute Gasteiger partial charge is 0.461 e. The molecule has 1 N–H and O–H groups in total. The number of ether oxygens (including phenoxy) is 1. The van der Waals surface area contributed by atoms with Gasteiger partial charge in [0.2, 0.25) is 0 Å². The fourth-order valence-electron chi connectivity index (χ4n) is 3.60. The molecule has 0 heterocycles. The Hall–Kier alpha value is -2.55. The van der Waals surface area contributed by atoms with Gasteiger partial charge in [-0.15, -0.1) is 0 Å². The topological polar surface area (TPSA) is 133 Å². The standard InChI is InChI=1S/C16H20N2O7/c1-3-25-14(19)16(18(23)24)10-9-15(2,20)13(17(21)22)12(16)11-7-5-4-6-8-11/h4-8,12-13,20H,3,9-10H2,1-2H3/t12-,13-,15+,16+/m1/s1. The van der Waals surface area contributed by atoms with Gasteiger partial charge in [-0.3, -0.25) is 20.2 Å². The van der Waals surface area contributed by atoms with Crippen molar-refractivity contribution in [3.8, 4) is 0 Å². The van der Waals surface area contributed by atoms with Gasteiger partial charge in [0.25, 0.3) is 6.04 Å². The van der Waals surface area contributed by atoms with E-state index >= 15 is 0 Å². The highest BCUT2D eigenvalue weighted by atomic mass is 16.6. The summed E-state index contributed by atoms with van der Waals surface area (Å²) in [6, 6.07) is 6.06.